The van der Waals surface area contributed by atoms with E-state index in [4.69, 9.17) is 21.7 Å². The summed E-state index contributed by atoms with van der Waals surface area (Å²) in [6, 6.07) is 3.35. The van der Waals surface area contributed by atoms with Gasteiger partial charge in [-0.15, -0.1) is 0 Å². The first-order valence-corrected chi connectivity index (χ1v) is 7.68. The molecule has 2 N–H and O–H groups in total. The molecule has 0 aromatic heterocycles. The molecule has 0 bridgehead atoms. The maximum atomic E-state index is 12.3. The molecule has 104 valence electrons. The zero-order valence-electron chi connectivity index (χ0n) is 9.03. The highest BCUT2D eigenvalue weighted by Gasteiger charge is 2.33. The monoisotopic (exact) mass is 330 g/mol. The minimum atomic E-state index is -4.70. The van der Waals surface area contributed by atoms with Crippen LogP contribution in [0.2, 0.25) is 0 Å². The molecule has 0 radical (unpaired) electrons. The van der Waals surface area contributed by atoms with Gasteiger partial charge in [-0.3, -0.25) is 0 Å². The van der Waals surface area contributed by atoms with Gasteiger partial charge in [0, 0.05) is 22.1 Å². The Morgan fingerprint density at radius 3 is 2.37 bits per heavy atom. The van der Waals surface area contributed by atoms with Crippen molar-refractivity contribution in [2.24, 2.45) is 5.73 Å². The van der Waals surface area contributed by atoms with E-state index >= 15 is 0 Å². The van der Waals surface area contributed by atoms with E-state index in [9.17, 15) is 21.6 Å². The smallest absolute Gasteiger partial charge is 0.326 e. The highest BCUT2D eigenvalue weighted by Crippen LogP contribution is 2.41. The SMILES string of the molecule is N#Cc1cc(SC(F)(F)F)c(S(=O)(=O)Cl)cc1CN. The fraction of sp³-hybridized carbons (Fsp3) is 0.222. The molecule has 1 aromatic carbocycles. The lowest BCUT2D eigenvalue weighted by atomic mass is 10.1. The average Bonchev–Trinajstić information content (AvgIpc) is 2.24. The number of hydrogen-bond acceptors (Lipinski definition) is 5. The normalized spacial score (nSPS) is 12.2. The molecule has 0 amide bonds. The van der Waals surface area contributed by atoms with Crippen molar-refractivity contribution < 1.29 is 21.6 Å². The highest BCUT2D eigenvalue weighted by atomic mass is 35.7. The third kappa shape index (κ3) is 4.28. The summed E-state index contributed by atoms with van der Waals surface area (Å²) in [7, 11) is 0.708. The second kappa shape index (κ2) is 5.58. The molecule has 0 heterocycles. The molecule has 0 aliphatic heterocycles. The minimum Gasteiger partial charge on any atom is -0.326 e. The van der Waals surface area contributed by atoms with E-state index in [-0.39, 0.29) is 17.7 Å². The zero-order valence-corrected chi connectivity index (χ0v) is 11.4. The van der Waals surface area contributed by atoms with E-state index in [1.165, 1.54) is 0 Å². The molecule has 0 saturated carbocycles. The lowest BCUT2D eigenvalue weighted by Gasteiger charge is -2.11. The van der Waals surface area contributed by atoms with Crippen LogP contribution >= 0.6 is 22.4 Å². The number of nitrogens with zero attached hydrogens (tertiary/aromatic N) is 1. The van der Waals surface area contributed by atoms with Crippen LogP contribution in [-0.2, 0) is 15.6 Å². The third-order valence-electron chi connectivity index (χ3n) is 2.00. The van der Waals surface area contributed by atoms with Gasteiger partial charge in [0.05, 0.1) is 16.5 Å². The fourth-order valence-corrected chi connectivity index (χ4v) is 3.41. The number of nitrogens with two attached hydrogens (primary N) is 1. The van der Waals surface area contributed by atoms with Crippen LogP contribution in [0.4, 0.5) is 13.2 Å². The van der Waals surface area contributed by atoms with Gasteiger partial charge in [-0.25, -0.2) is 8.42 Å². The van der Waals surface area contributed by atoms with Gasteiger partial charge in [-0.05, 0) is 29.5 Å². The van der Waals surface area contributed by atoms with E-state index < -0.39 is 36.1 Å². The topological polar surface area (TPSA) is 84.0 Å². The van der Waals surface area contributed by atoms with Crippen molar-refractivity contribution in [1.82, 2.24) is 0 Å². The number of nitriles is 1. The second-order valence-corrected chi connectivity index (χ2v) is 6.90. The molecule has 0 saturated heterocycles. The molecule has 0 aliphatic carbocycles. The van der Waals surface area contributed by atoms with E-state index in [0.717, 1.165) is 12.1 Å². The van der Waals surface area contributed by atoms with Gasteiger partial charge in [0.2, 0.25) is 0 Å². The van der Waals surface area contributed by atoms with Crippen LogP contribution in [0.25, 0.3) is 0 Å². The standard InChI is InChI=1S/C9H6ClF3N2O2S2/c10-19(16,17)8-2-6(4-15)5(3-14)1-7(8)18-9(11,12)13/h1-2H,4,15H2. The maximum Gasteiger partial charge on any atom is 0.446 e. The molecule has 0 unspecified atom stereocenters. The molecule has 0 aliphatic rings. The van der Waals surface area contributed by atoms with Crippen molar-refractivity contribution in [3.63, 3.8) is 0 Å². The summed E-state index contributed by atoms with van der Waals surface area (Å²) in [5.74, 6) is 0. The van der Waals surface area contributed by atoms with E-state index in [1.54, 1.807) is 6.07 Å². The Hall–Kier alpha value is -0.950. The Labute approximate surface area is 115 Å². The third-order valence-corrected chi connectivity index (χ3v) is 4.28. The van der Waals surface area contributed by atoms with Gasteiger partial charge < -0.3 is 5.73 Å². The maximum absolute atomic E-state index is 12.3. The van der Waals surface area contributed by atoms with E-state index in [0.29, 0.717) is 0 Å². The summed E-state index contributed by atoms with van der Waals surface area (Å²) in [5.41, 5.74) is 0.575. The molecular weight excluding hydrogens is 325 g/mol. The largest absolute Gasteiger partial charge is 0.446 e. The van der Waals surface area contributed by atoms with Gasteiger partial charge in [-0.1, -0.05) is 0 Å². The van der Waals surface area contributed by atoms with Crippen LogP contribution in [0, 0.1) is 11.3 Å². The predicted octanol–water partition coefficient (Wildman–Crippen LogP) is 2.56. The Morgan fingerprint density at radius 2 is 2.00 bits per heavy atom. The van der Waals surface area contributed by atoms with Crippen molar-refractivity contribution in [3.05, 3.63) is 23.3 Å². The van der Waals surface area contributed by atoms with Crippen LogP contribution in [0.1, 0.15) is 11.1 Å². The predicted molar refractivity (Wildman–Crippen MR) is 64.0 cm³/mol. The average molecular weight is 331 g/mol. The van der Waals surface area contributed by atoms with Gasteiger partial charge in [0.25, 0.3) is 9.05 Å². The summed E-state index contributed by atoms with van der Waals surface area (Å²) in [5, 5.41) is 8.79. The number of thioether (sulfide) groups is 1. The van der Waals surface area contributed by atoms with Crippen LogP contribution in [0.5, 0.6) is 0 Å². The van der Waals surface area contributed by atoms with E-state index in [1.807, 2.05) is 0 Å². The second-order valence-electron chi connectivity index (χ2n) is 3.26. The Balaban J connectivity index is 3.56. The molecule has 1 rings (SSSR count). The van der Waals surface area contributed by atoms with Crippen molar-refractivity contribution in [2.75, 3.05) is 0 Å². The van der Waals surface area contributed by atoms with Gasteiger partial charge in [-0.2, -0.15) is 18.4 Å². The first-order chi connectivity index (χ1) is 8.58. The summed E-state index contributed by atoms with van der Waals surface area (Å²) in [6.45, 7) is -0.195. The Kier molecular flexibility index (Phi) is 4.73. The zero-order chi connectivity index (χ0) is 14.8. The van der Waals surface area contributed by atoms with Crippen molar-refractivity contribution >= 4 is 31.5 Å². The first-order valence-electron chi connectivity index (χ1n) is 4.56. The molecule has 0 spiro atoms. The summed E-state index contributed by atoms with van der Waals surface area (Å²) >= 11 is -0.653. The molecule has 19 heavy (non-hydrogen) atoms. The number of benzene rings is 1. The van der Waals surface area contributed by atoms with Crippen molar-refractivity contribution in [2.45, 2.75) is 21.8 Å². The fourth-order valence-electron chi connectivity index (χ4n) is 1.27. The molecule has 1 aromatic rings. The van der Waals surface area contributed by atoms with Crippen LogP contribution < -0.4 is 5.73 Å². The number of hydrogen-bond donors (Lipinski definition) is 1. The number of halogens is 4. The molecule has 4 nitrogen and oxygen atoms in total. The van der Waals surface area contributed by atoms with Gasteiger partial charge in [0.1, 0.15) is 0 Å². The number of rotatable bonds is 3. The van der Waals surface area contributed by atoms with Crippen molar-refractivity contribution in [1.29, 1.82) is 5.26 Å². The lowest BCUT2D eigenvalue weighted by molar-refractivity contribution is -0.0328. The lowest BCUT2D eigenvalue weighted by Crippen LogP contribution is -2.06. The van der Waals surface area contributed by atoms with Gasteiger partial charge in [0.15, 0.2) is 0 Å². The molecular formula is C9H6ClF3N2O2S2. The molecule has 0 atom stereocenters. The summed E-state index contributed by atoms with van der Waals surface area (Å²) < 4.78 is 59.6. The highest BCUT2D eigenvalue weighted by molar-refractivity contribution is 8.14. The van der Waals surface area contributed by atoms with Crippen LogP contribution in [0.15, 0.2) is 21.9 Å². The quantitative estimate of drug-likeness (QED) is 0.680. The minimum absolute atomic E-state index is 0.105. The Bertz CT molecular complexity index is 638. The Morgan fingerprint density at radius 1 is 1.42 bits per heavy atom. The summed E-state index contributed by atoms with van der Waals surface area (Å²) in [4.78, 5) is -1.37. The summed E-state index contributed by atoms with van der Waals surface area (Å²) in [6.07, 6.45) is 0. The molecule has 10 heteroatoms. The van der Waals surface area contributed by atoms with Crippen LogP contribution in [-0.4, -0.2) is 13.9 Å². The number of alkyl halides is 3. The first kappa shape index (κ1) is 16.1. The molecule has 0 fully saturated rings. The van der Waals surface area contributed by atoms with E-state index in [2.05, 4.69) is 0 Å². The van der Waals surface area contributed by atoms with Crippen molar-refractivity contribution in [3.8, 4) is 6.07 Å². The van der Waals surface area contributed by atoms with Gasteiger partial charge >= 0.3 is 5.51 Å². The van der Waals surface area contributed by atoms with Crippen LogP contribution in [0.3, 0.4) is 0 Å².